The summed E-state index contributed by atoms with van der Waals surface area (Å²) in [6.45, 7) is 0.0406. The summed E-state index contributed by atoms with van der Waals surface area (Å²) >= 11 is 0. The lowest BCUT2D eigenvalue weighted by atomic mass is 9.93. The number of benzene rings is 1. The molecule has 1 atom stereocenters. The van der Waals surface area contributed by atoms with Gasteiger partial charge in [-0.1, -0.05) is 12.1 Å². The van der Waals surface area contributed by atoms with E-state index in [0.717, 1.165) is 5.39 Å². The van der Waals surface area contributed by atoms with Gasteiger partial charge in [-0.05, 0) is 25.3 Å². The molecule has 2 aromatic rings. The zero-order valence-electron chi connectivity index (χ0n) is 15.5. The first-order valence-electron chi connectivity index (χ1n) is 9.27. The molecule has 9 heteroatoms. The molecule has 2 fully saturated rings. The number of nitrogens with one attached hydrogen (secondary N) is 2. The van der Waals surface area contributed by atoms with Crippen molar-refractivity contribution in [1.82, 2.24) is 20.4 Å². The van der Waals surface area contributed by atoms with Crippen LogP contribution in [0.5, 0.6) is 5.75 Å². The van der Waals surface area contributed by atoms with E-state index in [4.69, 9.17) is 4.74 Å². The maximum Gasteiger partial charge on any atom is 0.258 e. The fourth-order valence-electron chi connectivity index (χ4n) is 3.44. The molecule has 1 unspecified atom stereocenters. The van der Waals surface area contributed by atoms with E-state index in [-0.39, 0.29) is 37.3 Å². The van der Waals surface area contributed by atoms with Crippen LogP contribution in [0.3, 0.4) is 0 Å². The van der Waals surface area contributed by atoms with Crippen molar-refractivity contribution in [1.29, 1.82) is 0 Å². The number of fused-ring (bicyclic) bond motifs is 1. The minimum Gasteiger partial charge on any atom is -0.482 e. The largest absolute Gasteiger partial charge is 0.482 e. The topological polar surface area (TPSA) is 123 Å². The first-order valence-corrected chi connectivity index (χ1v) is 9.27. The number of hydrogen-bond donors (Lipinski definition) is 3. The van der Waals surface area contributed by atoms with E-state index in [0.29, 0.717) is 36.2 Å². The second-order valence-electron chi connectivity index (χ2n) is 7.45. The van der Waals surface area contributed by atoms with E-state index in [1.165, 1.54) is 0 Å². The van der Waals surface area contributed by atoms with Gasteiger partial charge in [0.15, 0.2) is 6.61 Å². The van der Waals surface area contributed by atoms with Crippen LogP contribution in [-0.2, 0) is 21.4 Å². The minimum absolute atomic E-state index is 0.186. The molecule has 148 valence electrons. The monoisotopic (exact) mass is 386 g/mol. The molecular formula is C19H22N4O5. The highest BCUT2D eigenvalue weighted by molar-refractivity contribution is 6.03. The Morgan fingerprint density at radius 3 is 2.93 bits per heavy atom. The molecule has 3 amide bonds. The van der Waals surface area contributed by atoms with Crippen LogP contribution in [0.4, 0.5) is 0 Å². The number of ether oxygens (including phenoxy) is 1. The fraction of sp³-hybridized carbons (Fsp3) is 0.474. The van der Waals surface area contributed by atoms with E-state index in [1.807, 2.05) is 6.07 Å². The van der Waals surface area contributed by atoms with Gasteiger partial charge < -0.3 is 15.2 Å². The van der Waals surface area contributed by atoms with Gasteiger partial charge in [0.1, 0.15) is 11.3 Å². The zero-order chi connectivity index (χ0) is 19.9. The summed E-state index contributed by atoms with van der Waals surface area (Å²) in [6, 6.07) is 5.36. The SMILES string of the molecule is Cn1nc(C2CCC(=O)NC2=O)c2cccc(OCC(=O)NCC3(O)CC3)c21. The number of hydrogen-bond acceptors (Lipinski definition) is 6. The molecule has 1 aromatic heterocycles. The normalized spacial score (nSPS) is 20.7. The minimum atomic E-state index is -0.755. The molecule has 1 saturated heterocycles. The van der Waals surface area contributed by atoms with E-state index < -0.39 is 11.5 Å². The first kappa shape index (κ1) is 18.4. The second-order valence-corrected chi connectivity index (χ2v) is 7.45. The number of aliphatic hydroxyl groups is 1. The summed E-state index contributed by atoms with van der Waals surface area (Å²) in [5, 5.41) is 20.0. The highest BCUT2D eigenvalue weighted by atomic mass is 16.5. The number of carbonyl (C=O) groups is 3. The molecule has 9 nitrogen and oxygen atoms in total. The lowest BCUT2D eigenvalue weighted by Crippen LogP contribution is -2.39. The van der Waals surface area contributed by atoms with Crippen molar-refractivity contribution in [3.05, 3.63) is 23.9 Å². The van der Waals surface area contributed by atoms with Gasteiger partial charge in [-0.3, -0.25) is 24.4 Å². The van der Waals surface area contributed by atoms with Crippen molar-refractivity contribution in [3.8, 4) is 5.75 Å². The molecule has 2 aliphatic rings. The van der Waals surface area contributed by atoms with Gasteiger partial charge in [-0.25, -0.2) is 0 Å². The lowest BCUT2D eigenvalue weighted by Gasteiger charge is -2.19. The third-order valence-electron chi connectivity index (χ3n) is 5.23. The van der Waals surface area contributed by atoms with E-state index in [1.54, 1.807) is 23.9 Å². The third-order valence-corrected chi connectivity index (χ3v) is 5.23. The molecule has 1 aliphatic heterocycles. The highest BCUT2D eigenvalue weighted by Crippen LogP contribution is 2.35. The maximum absolute atomic E-state index is 12.2. The summed E-state index contributed by atoms with van der Waals surface area (Å²) in [6.07, 6.45) is 2.08. The number of piperidine rings is 1. The van der Waals surface area contributed by atoms with Crippen molar-refractivity contribution in [2.75, 3.05) is 13.2 Å². The molecule has 1 aliphatic carbocycles. The fourth-order valence-corrected chi connectivity index (χ4v) is 3.44. The Labute approximate surface area is 161 Å². The Bertz CT molecular complexity index is 963. The lowest BCUT2D eigenvalue weighted by molar-refractivity contribution is -0.134. The van der Waals surface area contributed by atoms with Crippen LogP contribution >= 0.6 is 0 Å². The summed E-state index contributed by atoms with van der Waals surface area (Å²) < 4.78 is 7.30. The van der Waals surface area contributed by atoms with Crippen molar-refractivity contribution < 1.29 is 24.2 Å². The van der Waals surface area contributed by atoms with Crippen molar-refractivity contribution >= 4 is 28.6 Å². The molecule has 1 aromatic carbocycles. The number of imide groups is 1. The number of nitrogens with zero attached hydrogens (tertiary/aromatic N) is 2. The van der Waals surface area contributed by atoms with Crippen LogP contribution in [-0.4, -0.2) is 51.4 Å². The molecule has 2 heterocycles. The number of rotatable bonds is 6. The van der Waals surface area contributed by atoms with Crippen LogP contribution in [0.2, 0.25) is 0 Å². The molecule has 3 N–H and O–H groups in total. The summed E-state index contributed by atoms with van der Waals surface area (Å²) in [5.41, 5.74) is 0.512. The Hall–Kier alpha value is -2.94. The molecule has 1 saturated carbocycles. The zero-order valence-corrected chi connectivity index (χ0v) is 15.5. The molecule has 0 bridgehead atoms. The molecule has 0 radical (unpaired) electrons. The van der Waals surface area contributed by atoms with Crippen LogP contribution < -0.4 is 15.4 Å². The Morgan fingerprint density at radius 1 is 1.43 bits per heavy atom. The third kappa shape index (κ3) is 3.57. The van der Waals surface area contributed by atoms with Gasteiger partial charge in [0.2, 0.25) is 11.8 Å². The van der Waals surface area contributed by atoms with Crippen LogP contribution in [0.25, 0.3) is 10.9 Å². The van der Waals surface area contributed by atoms with Crippen LogP contribution in [0.15, 0.2) is 18.2 Å². The van der Waals surface area contributed by atoms with Crippen molar-refractivity contribution in [2.45, 2.75) is 37.2 Å². The average Bonchev–Trinajstić information content (AvgIpc) is 3.31. The average molecular weight is 386 g/mol. The smallest absolute Gasteiger partial charge is 0.258 e. The Morgan fingerprint density at radius 2 is 2.21 bits per heavy atom. The predicted octanol–water partition coefficient (Wildman–Crippen LogP) is 0.113. The maximum atomic E-state index is 12.2. The molecular weight excluding hydrogens is 364 g/mol. The van der Waals surface area contributed by atoms with Gasteiger partial charge in [-0.2, -0.15) is 5.10 Å². The number of carbonyl (C=O) groups excluding carboxylic acids is 3. The number of aryl methyl sites for hydroxylation is 1. The Kier molecular flexibility index (Phi) is 4.54. The second kappa shape index (κ2) is 6.90. The summed E-state index contributed by atoms with van der Waals surface area (Å²) in [5.74, 6) is -0.956. The van der Waals surface area contributed by atoms with Crippen molar-refractivity contribution in [2.24, 2.45) is 7.05 Å². The molecule has 28 heavy (non-hydrogen) atoms. The summed E-state index contributed by atoms with van der Waals surface area (Å²) in [4.78, 5) is 35.6. The quantitative estimate of drug-likeness (QED) is 0.606. The van der Waals surface area contributed by atoms with Crippen LogP contribution in [0.1, 0.15) is 37.3 Å². The van der Waals surface area contributed by atoms with E-state index in [2.05, 4.69) is 15.7 Å². The standard InChI is InChI=1S/C19H22N4O5/c1-23-17-11(16(22-23)12-5-6-14(24)21-18(12)26)3-2-4-13(17)28-9-15(25)20-10-19(27)7-8-19/h2-4,12,27H,5-10H2,1H3,(H,20,25)(H,21,24,26). The predicted molar refractivity (Wildman–Crippen MR) is 98.5 cm³/mol. The molecule has 0 spiro atoms. The van der Waals surface area contributed by atoms with Gasteiger partial charge in [0.05, 0.1) is 17.2 Å². The van der Waals surface area contributed by atoms with E-state index in [9.17, 15) is 19.5 Å². The molecule has 4 rings (SSSR count). The number of amides is 3. The van der Waals surface area contributed by atoms with Gasteiger partial charge in [0, 0.05) is 25.4 Å². The van der Waals surface area contributed by atoms with Gasteiger partial charge in [-0.15, -0.1) is 0 Å². The number of aromatic nitrogens is 2. The van der Waals surface area contributed by atoms with Crippen LogP contribution in [0, 0.1) is 0 Å². The first-order chi connectivity index (χ1) is 13.4. The van der Waals surface area contributed by atoms with Gasteiger partial charge in [0.25, 0.3) is 5.91 Å². The van der Waals surface area contributed by atoms with Gasteiger partial charge >= 0.3 is 0 Å². The van der Waals surface area contributed by atoms with E-state index >= 15 is 0 Å². The summed E-state index contributed by atoms with van der Waals surface area (Å²) in [7, 11) is 1.74. The highest BCUT2D eigenvalue weighted by Gasteiger charge is 2.40. The number of para-hydroxylation sites is 1. The Balaban J connectivity index is 1.52. The van der Waals surface area contributed by atoms with Crippen molar-refractivity contribution in [3.63, 3.8) is 0 Å².